The van der Waals surface area contributed by atoms with Gasteiger partial charge in [-0.3, -0.25) is 0 Å². The van der Waals surface area contributed by atoms with Crippen LogP contribution in [0, 0.1) is 0 Å². The van der Waals surface area contributed by atoms with Crippen LogP contribution in [0.3, 0.4) is 0 Å². The van der Waals surface area contributed by atoms with Crippen LogP contribution in [-0.4, -0.2) is 16.6 Å². The molecule has 0 radical (unpaired) electrons. The summed E-state index contributed by atoms with van der Waals surface area (Å²) < 4.78 is 5.72. The highest BCUT2D eigenvalue weighted by Gasteiger charge is 2.02. The number of benzene rings is 1. The molecule has 0 saturated heterocycles. The molecule has 4 nitrogen and oxygen atoms in total. The van der Waals surface area contributed by atoms with Crippen molar-refractivity contribution in [2.45, 2.75) is 26.2 Å². The molecule has 0 bridgehead atoms. The predicted octanol–water partition coefficient (Wildman–Crippen LogP) is 2.80. The molecule has 0 amide bonds. The lowest BCUT2D eigenvalue weighted by Crippen LogP contribution is -2.05. The normalized spacial score (nSPS) is 10.7. The first-order valence-electron chi connectivity index (χ1n) is 6.44. The second-order valence-corrected chi connectivity index (χ2v) is 4.76. The van der Waals surface area contributed by atoms with Gasteiger partial charge in [0.25, 0.3) is 0 Å². The highest BCUT2D eigenvalue weighted by atomic mass is 16.5. The van der Waals surface area contributed by atoms with Crippen molar-refractivity contribution in [1.29, 1.82) is 0 Å². The van der Waals surface area contributed by atoms with Crippen molar-refractivity contribution in [3.8, 4) is 5.75 Å². The van der Waals surface area contributed by atoms with E-state index >= 15 is 0 Å². The third-order valence-corrected chi connectivity index (χ3v) is 2.84. The number of nitrogens with zero attached hydrogens (tertiary/aromatic N) is 2. The van der Waals surface area contributed by atoms with Gasteiger partial charge < -0.3 is 10.5 Å². The van der Waals surface area contributed by atoms with Crippen LogP contribution in [0.5, 0.6) is 5.75 Å². The lowest BCUT2D eigenvalue weighted by molar-refractivity contribution is 0.318. The molecule has 1 aromatic heterocycles. The van der Waals surface area contributed by atoms with E-state index in [0.29, 0.717) is 24.6 Å². The second kappa shape index (κ2) is 6.18. The van der Waals surface area contributed by atoms with Gasteiger partial charge in [-0.05, 0) is 23.6 Å². The average molecular weight is 257 g/mol. The van der Waals surface area contributed by atoms with Gasteiger partial charge in [0, 0.05) is 6.42 Å². The minimum Gasteiger partial charge on any atom is -0.493 e. The number of anilines is 1. The molecule has 0 saturated carbocycles. The van der Waals surface area contributed by atoms with E-state index < -0.39 is 0 Å². The fraction of sp³-hybridized carbons (Fsp3) is 0.333. The predicted molar refractivity (Wildman–Crippen MR) is 76.2 cm³/mol. The van der Waals surface area contributed by atoms with Gasteiger partial charge in [0.15, 0.2) is 0 Å². The van der Waals surface area contributed by atoms with Crippen LogP contribution in [-0.2, 0) is 6.42 Å². The quantitative estimate of drug-likeness (QED) is 0.894. The van der Waals surface area contributed by atoms with E-state index in [4.69, 9.17) is 10.5 Å². The maximum atomic E-state index is 5.72. The highest BCUT2D eigenvalue weighted by Crippen LogP contribution is 2.20. The first-order valence-corrected chi connectivity index (χ1v) is 6.44. The molecule has 0 fully saturated rings. The van der Waals surface area contributed by atoms with Gasteiger partial charge in [0.1, 0.15) is 11.6 Å². The lowest BCUT2D eigenvalue weighted by Gasteiger charge is -2.09. The van der Waals surface area contributed by atoms with E-state index in [1.54, 1.807) is 12.4 Å². The topological polar surface area (TPSA) is 61.0 Å². The van der Waals surface area contributed by atoms with Crippen molar-refractivity contribution in [2.75, 3.05) is 12.3 Å². The van der Waals surface area contributed by atoms with E-state index in [1.807, 2.05) is 12.1 Å². The molecular weight excluding hydrogens is 238 g/mol. The molecule has 0 aliphatic heterocycles. The number of ether oxygens (including phenoxy) is 1. The molecule has 2 aromatic rings. The van der Waals surface area contributed by atoms with Gasteiger partial charge in [0.05, 0.1) is 24.7 Å². The second-order valence-electron chi connectivity index (χ2n) is 4.76. The first kappa shape index (κ1) is 13.3. The summed E-state index contributed by atoms with van der Waals surface area (Å²) in [7, 11) is 0. The Hall–Kier alpha value is -2.10. The van der Waals surface area contributed by atoms with Crippen LogP contribution >= 0.6 is 0 Å². The Labute approximate surface area is 113 Å². The molecule has 2 rings (SSSR count). The summed E-state index contributed by atoms with van der Waals surface area (Å²) in [5.74, 6) is 2.14. The minimum atomic E-state index is 0.504. The zero-order valence-electron chi connectivity index (χ0n) is 11.3. The number of nitrogen functional groups attached to an aromatic ring is 1. The van der Waals surface area contributed by atoms with Crippen LogP contribution in [0.4, 0.5) is 5.69 Å². The SMILES string of the molecule is CC(C)c1cccc(OCCc2ncc(N)cn2)c1. The highest BCUT2D eigenvalue weighted by molar-refractivity contribution is 5.31. The standard InChI is InChI=1S/C15H19N3O/c1-11(2)12-4-3-5-14(8-12)19-7-6-15-17-9-13(16)10-18-15/h3-5,8-11H,6-7,16H2,1-2H3. The fourth-order valence-corrected chi connectivity index (χ4v) is 1.72. The van der Waals surface area contributed by atoms with Gasteiger partial charge in [-0.25, -0.2) is 9.97 Å². The van der Waals surface area contributed by atoms with Crippen molar-refractivity contribution in [3.63, 3.8) is 0 Å². The molecule has 0 aliphatic rings. The van der Waals surface area contributed by atoms with Crippen molar-refractivity contribution in [1.82, 2.24) is 9.97 Å². The molecule has 1 heterocycles. The molecule has 0 spiro atoms. The van der Waals surface area contributed by atoms with E-state index in [1.165, 1.54) is 5.56 Å². The van der Waals surface area contributed by atoms with Gasteiger partial charge in [-0.15, -0.1) is 0 Å². The summed E-state index contributed by atoms with van der Waals surface area (Å²) in [5, 5.41) is 0. The Morgan fingerprint density at radius 2 is 1.95 bits per heavy atom. The maximum Gasteiger partial charge on any atom is 0.131 e. The van der Waals surface area contributed by atoms with E-state index in [2.05, 4.69) is 35.9 Å². The maximum absolute atomic E-state index is 5.72. The summed E-state index contributed by atoms with van der Waals surface area (Å²) in [6.07, 6.45) is 3.90. The summed E-state index contributed by atoms with van der Waals surface area (Å²) in [4.78, 5) is 8.28. The van der Waals surface area contributed by atoms with Gasteiger partial charge in [-0.1, -0.05) is 26.0 Å². The van der Waals surface area contributed by atoms with Crippen LogP contribution < -0.4 is 10.5 Å². The smallest absolute Gasteiger partial charge is 0.131 e. The zero-order valence-corrected chi connectivity index (χ0v) is 11.3. The summed E-state index contributed by atoms with van der Waals surface area (Å²) in [6.45, 7) is 4.90. The van der Waals surface area contributed by atoms with Gasteiger partial charge in [-0.2, -0.15) is 0 Å². The fourth-order valence-electron chi connectivity index (χ4n) is 1.72. The average Bonchev–Trinajstić information content (AvgIpc) is 2.41. The molecule has 0 atom stereocenters. The summed E-state index contributed by atoms with van der Waals surface area (Å²) >= 11 is 0. The number of rotatable bonds is 5. The third kappa shape index (κ3) is 3.95. The molecule has 0 unspecified atom stereocenters. The number of nitrogens with two attached hydrogens (primary N) is 1. The third-order valence-electron chi connectivity index (χ3n) is 2.84. The summed E-state index contributed by atoms with van der Waals surface area (Å²) in [6, 6.07) is 8.18. The largest absolute Gasteiger partial charge is 0.493 e. The minimum absolute atomic E-state index is 0.504. The molecule has 0 aliphatic carbocycles. The number of hydrogen-bond donors (Lipinski definition) is 1. The van der Waals surface area contributed by atoms with Crippen LogP contribution in [0.1, 0.15) is 31.2 Å². The Balaban J connectivity index is 1.88. The molecule has 4 heteroatoms. The number of hydrogen-bond acceptors (Lipinski definition) is 4. The van der Waals surface area contributed by atoms with Crippen molar-refractivity contribution in [3.05, 3.63) is 48.0 Å². The first-order chi connectivity index (χ1) is 9.15. The zero-order chi connectivity index (χ0) is 13.7. The lowest BCUT2D eigenvalue weighted by atomic mass is 10.0. The van der Waals surface area contributed by atoms with Crippen LogP contribution in [0.15, 0.2) is 36.7 Å². The van der Waals surface area contributed by atoms with E-state index in [0.717, 1.165) is 11.6 Å². The van der Waals surface area contributed by atoms with E-state index in [-0.39, 0.29) is 0 Å². The van der Waals surface area contributed by atoms with Gasteiger partial charge >= 0.3 is 0 Å². The molecule has 100 valence electrons. The molecule has 19 heavy (non-hydrogen) atoms. The van der Waals surface area contributed by atoms with Crippen molar-refractivity contribution in [2.24, 2.45) is 0 Å². The Bertz CT molecular complexity index is 523. The summed E-state index contributed by atoms with van der Waals surface area (Å²) in [5.41, 5.74) is 7.39. The Kier molecular flexibility index (Phi) is 4.34. The van der Waals surface area contributed by atoms with Crippen LogP contribution in [0.2, 0.25) is 0 Å². The molecule has 1 aromatic carbocycles. The molecular formula is C15H19N3O. The Morgan fingerprint density at radius 1 is 1.21 bits per heavy atom. The Morgan fingerprint density at radius 3 is 2.63 bits per heavy atom. The van der Waals surface area contributed by atoms with Crippen LogP contribution in [0.25, 0.3) is 0 Å². The van der Waals surface area contributed by atoms with E-state index in [9.17, 15) is 0 Å². The molecule has 2 N–H and O–H groups in total. The number of aromatic nitrogens is 2. The van der Waals surface area contributed by atoms with Crippen molar-refractivity contribution >= 4 is 5.69 Å². The van der Waals surface area contributed by atoms with Gasteiger partial charge in [0.2, 0.25) is 0 Å². The monoisotopic (exact) mass is 257 g/mol. The van der Waals surface area contributed by atoms with Crippen molar-refractivity contribution < 1.29 is 4.74 Å².